The molecule has 1 N–H and O–H groups in total. The number of ether oxygens (including phenoxy) is 1. The minimum Gasteiger partial charge on any atom is -0.384 e. The first-order valence-electron chi connectivity index (χ1n) is 12.0. The first-order valence-corrected chi connectivity index (χ1v) is 12.0. The van der Waals surface area contributed by atoms with Gasteiger partial charge in [-0.25, -0.2) is 4.98 Å². The smallest absolute Gasteiger partial charge is 0.315 e. The third kappa shape index (κ3) is 5.62. The lowest BCUT2D eigenvalue weighted by Crippen LogP contribution is -2.54. The average Bonchev–Trinajstić information content (AvgIpc) is 3.72. The number of amides is 2. The molecule has 1 saturated carbocycles. The van der Waals surface area contributed by atoms with E-state index in [1.165, 1.54) is 0 Å². The molecule has 1 aromatic carbocycles. The van der Waals surface area contributed by atoms with Gasteiger partial charge in [-0.1, -0.05) is 12.1 Å². The highest BCUT2D eigenvalue weighted by atomic mass is 19.3. The molecule has 2 fully saturated rings. The van der Waals surface area contributed by atoms with Crippen LogP contribution in [-0.2, 0) is 14.3 Å². The topological polar surface area (TPSA) is 98.6 Å². The van der Waals surface area contributed by atoms with E-state index in [1.54, 1.807) is 31.4 Å². The van der Waals surface area contributed by atoms with Gasteiger partial charge in [0.05, 0.1) is 24.3 Å². The predicted molar refractivity (Wildman–Crippen MR) is 131 cm³/mol. The van der Waals surface area contributed by atoms with Crippen LogP contribution >= 0.6 is 0 Å². The summed E-state index contributed by atoms with van der Waals surface area (Å²) in [5.74, 6) is -0.471. The molecule has 10 heteroatoms. The number of nitrogens with zero attached hydrogens (tertiary/aromatic N) is 4. The molecule has 36 heavy (non-hydrogen) atoms. The van der Waals surface area contributed by atoms with E-state index in [0.29, 0.717) is 49.6 Å². The molecular formula is C26H29F2N5O3. The van der Waals surface area contributed by atoms with Crippen LogP contribution in [0.25, 0.3) is 11.1 Å². The van der Waals surface area contributed by atoms with Gasteiger partial charge in [0.2, 0.25) is 5.91 Å². The lowest BCUT2D eigenvalue weighted by molar-refractivity contribution is -0.134. The minimum absolute atomic E-state index is 0.0457. The van der Waals surface area contributed by atoms with Crippen molar-refractivity contribution in [2.45, 2.75) is 44.6 Å². The zero-order valence-corrected chi connectivity index (χ0v) is 20.3. The summed E-state index contributed by atoms with van der Waals surface area (Å²) in [6.07, 6.45) is -0.823. The van der Waals surface area contributed by atoms with Crippen molar-refractivity contribution >= 4 is 23.3 Å². The third-order valence-corrected chi connectivity index (χ3v) is 6.52. The molecule has 2 aromatic rings. The molecule has 2 heterocycles. The highest BCUT2D eigenvalue weighted by molar-refractivity contribution is 5.93. The average molecular weight is 498 g/mol. The van der Waals surface area contributed by atoms with Gasteiger partial charge in [-0.3, -0.25) is 9.59 Å². The molecule has 190 valence electrons. The Morgan fingerprint density at radius 2 is 2.06 bits per heavy atom. The molecule has 2 aliphatic rings. The van der Waals surface area contributed by atoms with Gasteiger partial charge >= 0.3 is 6.43 Å². The van der Waals surface area contributed by atoms with Crippen molar-refractivity contribution in [1.82, 2.24) is 9.88 Å². The highest BCUT2D eigenvalue weighted by Crippen LogP contribution is 2.45. The molecule has 1 aliphatic carbocycles. The first kappa shape index (κ1) is 25.5. The van der Waals surface area contributed by atoms with Crippen LogP contribution in [0.15, 0.2) is 30.3 Å². The summed E-state index contributed by atoms with van der Waals surface area (Å²) in [6.45, 7) is 4.01. The van der Waals surface area contributed by atoms with Gasteiger partial charge < -0.3 is 19.9 Å². The molecule has 0 radical (unpaired) electrons. The van der Waals surface area contributed by atoms with Gasteiger partial charge in [-0.2, -0.15) is 14.0 Å². The lowest BCUT2D eigenvalue weighted by Gasteiger charge is -2.41. The van der Waals surface area contributed by atoms with Crippen molar-refractivity contribution in [2.75, 3.05) is 43.6 Å². The van der Waals surface area contributed by atoms with E-state index in [2.05, 4.69) is 16.3 Å². The van der Waals surface area contributed by atoms with E-state index in [1.807, 2.05) is 17.9 Å². The molecule has 0 spiro atoms. The Balaban J connectivity index is 1.62. The van der Waals surface area contributed by atoms with Gasteiger partial charge in [0.1, 0.15) is 11.9 Å². The summed E-state index contributed by atoms with van der Waals surface area (Å²) in [4.78, 5) is 32.8. The van der Waals surface area contributed by atoms with Gasteiger partial charge in [-0.05, 0) is 43.5 Å². The number of carbonyl (C=O) groups is 2. The summed E-state index contributed by atoms with van der Waals surface area (Å²) in [5, 5.41) is 12.2. The first-order chi connectivity index (χ1) is 17.3. The fraction of sp³-hybridized carbons (Fsp3) is 0.462. The number of methoxy groups -OCH3 is 1. The number of nitriles is 1. The number of anilines is 2. The number of rotatable bonds is 8. The summed E-state index contributed by atoms with van der Waals surface area (Å²) >= 11 is 0. The normalized spacial score (nSPS) is 17.7. The van der Waals surface area contributed by atoms with Crippen molar-refractivity contribution in [2.24, 2.45) is 0 Å². The fourth-order valence-electron chi connectivity index (χ4n) is 4.55. The number of aromatic nitrogens is 1. The van der Waals surface area contributed by atoms with Gasteiger partial charge in [0.15, 0.2) is 0 Å². The number of carbonyl (C=O) groups excluding carboxylic acids is 2. The van der Waals surface area contributed by atoms with Crippen molar-refractivity contribution in [3.63, 3.8) is 0 Å². The second-order valence-electron chi connectivity index (χ2n) is 9.17. The predicted octanol–water partition coefficient (Wildman–Crippen LogP) is 3.77. The number of hydrogen-bond acceptors (Lipinski definition) is 6. The molecule has 1 saturated heterocycles. The summed E-state index contributed by atoms with van der Waals surface area (Å²) in [5.41, 5.74) is 2.97. The van der Waals surface area contributed by atoms with Crippen molar-refractivity contribution in [3.05, 3.63) is 41.6 Å². The van der Waals surface area contributed by atoms with E-state index in [9.17, 15) is 23.6 Å². The zero-order valence-electron chi connectivity index (χ0n) is 20.3. The van der Waals surface area contributed by atoms with Crippen LogP contribution < -0.4 is 10.2 Å². The number of pyridine rings is 1. The second-order valence-corrected chi connectivity index (χ2v) is 9.17. The van der Waals surface area contributed by atoms with Gasteiger partial charge in [0, 0.05) is 50.0 Å². The van der Waals surface area contributed by atoms with Crippen LogP contribution in [0.3, 0.4) is 0 Å². The van der Waals surface area contributed by atoms with Crippen LogP contribution in [0, 0.1) is 11.3 Å². The molecule has 1 aromatic heterocycles. The zero-order chi connectivity index (χ0) is 25.8. The largest absolute Gasteiger partial charge is 0.384 e. The summed E-state index contributed by atoms with van der Waals surface area (Å²) < 4.78 is 30.4. The fourth-order valence-corrected chi connectivity index (χ4v) is 4.55. The summed E-state index contributed by atoms with van der Waals surface area (Å²) in [6, 6.07) is 10.7. The van der Waals surface area contributed by atoms with Crippen molar-refractivity contribution < 1.29 is 23.1 Å². The van der Waals surface area contributed by atoms with Crippen molar-refractivity contribution in [3.8, 4) is 17.2 Å². The van der Waals surface area contributed by atoms with Crippen LogP contribution in [0.4, 0.5) is 20.3 Å². The Morgan fingerprint density at radius 1 is 1.28 bits per heavy atom. The number of hydrogen-bond donors (Lipinski definition) is 1. The van der Waals surface area contributed by atoms with Crippen LogP contribution in [0.5, 0.6) is 0 Å². The number of benzene rings is 1. The number of halogens is 2. The van der Waals surface area contributed by atoms with Gasteiger partial charge in [-0.15, -0.1) is 0 Å². The minimum atomic E-state index is -3.11. The number of nitrogens with one attached hydrogen (secondary N) is 1. The van der Waals surface area contributed by atoms with Gasteiger partial charge in [0.25, 0.3) is 5.91 Å². The summed E-state index contributed by atoms with van der Waals surface area (Å²) in [7, 11) is 1.57. The SMILES string of the molecule is COCCC(=O)N1CCN(c2nc(C3CC3)c(-c3cccc(NC(=O)C(F)F)c3)cc2C#N)CC1C. The molecule has 1 atom stereocenters. The van der Waals surface area contributed by atoms with E-state index >= 15 is 0 Å². The van der Waals surface area contributed by atoms with E-state index in [4.69, 9.17) is 9.72 Å². The Hall–Kier alpha value is -3.58. The van der Waals surface area contributed by atoms with E-state index in [-0.39, 0.29) is 23.6 Å². The number of alkyl halides is 2. The number of piperazine rings is 1. The van der Waals surface area contributed by atoms with E-state index in [0.717, 1.165) is 24.1 Å². The maximum absolute atomic E-state index is 12.7. The molecule has 1 unspecified atom stereocenters. The molecule has 0 bridgehead atoms. The van der Waals surface area contributed by atoms with Crippen LogP contribution in [0.1, 0.15) is 43.4 Å². The molecule has 8 nitrogen and oxygen atoms in total. The Kier molecular flexibility index (Phi) is 7.79. The quantitative estimate of drug-likeness (QED) is 0.596. The molecule has 1 aliphatic heterocycles. The molecule has 2 amide bonds. The maximum Gasteiger partial charge on any atom is 0.315 e. The Bertz CT molecular complexity index is 1180. The second kappa shape index (κ2) is 11.0. The monoisotopic (exact) mass is 497 g/mol. The maximum atomic E-state index is 12.7. The van der Waals surface area contributed by atoms with E-state index < -0.39 is 12.3 Å². The lowest BCUT2D eigenvalue weighted by atomic mass is 9.98. The highest BCUT2D eigenvalue weighted by Gasteiger charge is 2.33. The molecule has 4 rings (SSSR count). The third-order valence-electron chi connectivity index (χ3n) is 6.52. The Morgan fingerprint density at radius 3 is 2.69 bits per heavy atom. The molecular weight excluding hydrogens is 468 g/mol. The standard InChI is InChI=1S/C26H29F2N5O3/c1-16-15-32(9-10-33(16)22(34)8-11-36-2)25-19(14-29)13-21(23(31-25)17-6-7-17)18-4-3-5-20(12-18)30-26(35)24(27)28/h3-5,12-13,16-17,24H,6-11,15H2,1-2H3,(H,30,35). The Labute approximate surface area is 208 Å². The van der Waals surface area contributed by atoms with Crippen LogP contribution in [-0.4, -0.2) is 67.5 Å². The van der Waals surface area contributed by atoms with Crippen molar-refractivity contribution in [1.29, 1.82) is 5.26 Å². The van der Waals surface area contributed by atoms with Crippen LogP contribution in [0.2, 0.25) is 0 Å².